The first kappa shape index (κ1) is 49.4. The number of aliphatic carboxylic acids is 2. The van der Waals surface area contributed by atoms with E-state index in [1.165, 1.54) is 7.11 Å². The molecule has 0 bridgehead atoms. The van der Waals surface area contributed by atoms with Gasteiger partial charge in [-0.25, -0.2) is 9.59 Å². The second kappa shape index (κ2) is 25.4. The number of benzene rings is 2. The summed E-state index contributed by atoms with van der Waals surface area (Å²) >= 11 is 0. The van der Waals surface area contributed by atoms with Crippen molar-refractivity contribution in [2.75, 3.05) is 33.4 Å². The van der Waals surface area contributed by atoms with E-state index in [0.717, 1.165) is 11.1 Å². The van der Waals surface area contributed by atoms with E-state index in [1.54, 1.807) is 0 Å². The number of ether oxygens (including phenoxy) is 4. The standard InChI is InChI=1S/C31H46N2O7.2C2HF3O2/c1-22(2)32-18-26(34)20-38-27-12-6-25(7-13-27)11-17-31(36)40-29(19-33-23(3)4)21-39-28-14-8-24(9-15-28)10-16-30(35)37-5;2*3-2(4,5)1(6)7/h6-9,12-15,22-23,26,29,32-34H,10-11,16-21H2,1-5H3;2*(H,6,7). The molecule has 0 aliphatic carbocycles. The van der Waals surface area contributed by atoms with E-state index in [2.05, 4.69) is 15.4 Å². The highest BCUT2D eigenvalue weighted by Crippen LogP contribution is 2.17. The highest BCUT2D eigenvalue weighted by atomic mass is 19.4. The van der Waals surface area contributed by atoms with Gasteiger partial charge in [0.2, 0.25) is 0 Å². The van der Waals surface area contributed by atoms with E-state index in [1.807, 2.05) is 76.2 Å². The van der Waals surface area contributed by atoms with Crippen molar-refractivity contribution in [3.05, 3.63) is 59.7 Å². The van der Waals surface area contributed by atoms with Gasteiger partial charge in [0.1, 0.15) is 36.9 Å². The Morgan fingerprint density at radius 3 is 1.39 bits per heavy atom. The summed E-state index contributed by atoms with van der Waals surface area (Å²) in [6.45, 7) is 9.49. The number of methoxy groups -OCH3 is 1. The molecule has 13 nitrogen and oxygen atoms in total. The summed E-state index contributed by atoms with van der Waals surface area (Å²) in [6, 6.07) is 15.6. The Morgan fingerprint density at radius 1 is 0.648 bits per heavy atom. The first-order valence-electron chi connectivity index (χ1n) is 16.5. The van der Waals surface area contributed by atoms with Crippen molar-refractivity contribution < 1.29 is 79.8 Å². The zero-order valence-corrected chi connectivity index (χ0v) is 30.5. The van der Waals surface area contributed by atoms with Gasteiger partial charge in [-0.1, -0.05) is 52.0 Å². The van der Waals surface area contributed by atoms with Crippen LogP contribution in [0.1, 0.15) is 51.7 Å². The number of aliphatic hydroxyl groups excluding tert-OH is 1. The number of aryl methyl sites for hydroxylation is 2. The van der Waals surface area contributed by atoms with Crippen molar-refractivity contribution in [2.24, 2.45) is 0 Å². The van der Waals surface area contributed by atoms with Crippen LogP contribution in [0, 0.1) is 0 Å². The number of rotatable bonds is 19. The fourth-order valence-electron chi connectivity index (χ4n) is 3.66. The van der Waals surface area contributed by atoms with Crippen LogP contribution in [0.4, 0.5) is 26.3 Å². The molecule has 0 aromatic heterocycles. The number of nitrogens with one attached hydrogen (secondary N) is 2. The average Bonchev–Trinajstić information content (AvgIpc) is 3.09. The van der Waals surface area contributed by atoms with Gasteiger partial charge in [-0.2, -0.15) is 26.3 Å². The Bertz CT molecular complexity index is 1360. The van der Waals surface area contributed by atoms with E-state index in [0.29, 0.717) is 49.9 Å². The lowest BCUT2D eigenvalue weighted by molar-refractivity contribution is -0.193. The second-order valence-electron chi connectivity index (χ2n) is 12.0. The van der Waals surface area contributed by atoms with Crippen LogP contribution in [-0.2, 0) is 41.5 Å². The van der Waals surface area contributed by atoms with Gasteiger partial charge in [0.05, 0.1) is 7.11 Å². The first-order valence-corrected chi connectivity index (χ1v) is 16.5. The number of hydrogen-bond donors (Lipinski definition) is 5. The number of alkyl halides is 6. The number of halogens is 6. The lowest BCUT2D eigenvalue weighted by Crippen LogP contribution is -2.38. The Labute approximate surface area is 308 Å². The van der Waals surface area contributed by atoms with Crippen LogP contribution in [0.5, 0.6) is 11.5 Å². The third kappa shape index (κ3) is 25.4. The van der Waals surface area contributed by atoms with Gasteiger partial charge in [0, 0.05) is 38.0 Å². The minimum Gasteiger partial charge on any atom is -0.491 e. The van der Waals surface area contributed by atoms with E-state index < -0.39 is 36.5 Å². The first-order chi connectivity index (χ1) is 25.0. The Morgan fingerprint density at radius 2 is 1.02 bits per heavy atom. The maximum atomic E-state index is 12.6. The zero-order valence-electron chi connectivity index (χ0n) is 30.5. The molecule has 2 aromatic carbocycles. The predicted octanol–water partition coefficient (Wildman–Crippen LogP) is 4.72. The molecule has 2 aromatic rings. The van der Waals surface area contributed by atoms with Gasteiger partial charge in [0.25, 0.3) is 0 Å². The normalized spacial score (nSPS) is 12.3. The van der Waals surface area contributed by atoms with Crippen LogP contribution in [0.2, 0.25) is 0 Å². The third-order valence-corrected chi connectivity index (χ3v) is 6.49. The molecule has 0 saturated heterocycles. The van der Waals surface area contributed by atoms with Crippen LogP contribution in [-0.4, -0.2) is 109 Å². The van der Waals surface area contributed by atoms with Crippen molar-refractivity contribution in [1.82, 2.24) is 10.6 Å². The quantitative estimate of drug-likeness (QED) is 0.0973. The maximum absolute atomic E-state index is 12.6. The molecule has 306 valence electrons. The van der Waals surface area contributed by atoms with Crippen molar-refractivity contribution in [3.63, 3.8) is 0 Å². The minimum atomic E-state index is -5.08. The van der Waals surface area contributed by atoms with E-state index in [4.69, 9.17) is 34.0 Å². The molecule has 54 heavy (non-hydrogen) atoms. The highest BCUT2D eigenvalue weighted by Gasteiger charge is 2.38. The summed E-state index contributed by atoms with van der Waals surface area (Å²) in [5.41, 5.74) is 2.00. The van der Waals surface area contributed by atoms with Gasteiger partial charge in [0.15, 0.2) is 0 Å². The Balaban J connectivity index is 0.00000169. The molecule has 5 N–H and O–H groups in total. The molecule has 0 aliphatic heterocycles. The summed E-state index contributed by atoms with van der Waals surface area (Å²) in [6.07, 6.45) is -9.49. The molecule has 0 amide bonds. The Kier molecular flexibility index (Phi) is 23.2. The lowest BCUT2D eigenvalue weighted by atomic mass is 10.1. The molecule has 19 heteroatoms. The zero-order chi connectivity index (χ0) is 41.5. The van der Waals surface area contributed by atoms with Gasteiger partial charge in [-0.15, -0.1) is 0 Å². The lowest BCUT2D eigenvalue weighted by Gasteiger charge is -2.20. The van der Waals surface area contributed by atoms with Crippen molar-refractivity contribution in [3.8, 4) is 11.5 Å². The van der Waals surface area contributed by atoms with Crippen molar-refractivity contribution >= 4 is 23.9 Å². The molecule has 0 heterocycles. The number of esters is 2. The molecule has 0 spiro atoms. The number of carboxylic acids is 2. The fourth-order valence-corrected chi connectivity index (χ4v) is 3.66. The molecular formula is C35H48F6N2O11. The summed E-state index contributed by atoms with van der Waals surface area (Å²) in [7, 11) is 1.38. The minimum absolute atomic E-state index is 0.207. The largest absolute Gasteiger partial charge is 0.491 e. The molecule has 2 atom stereocenters. The second-order valence-corrected chi connectivity index (χ2v) is 12.0. The van der Waals surface area contributed by atoms with Crippen LogP contribution < -0.4 is 20.1 Å². The SMILES string of the molecule is COC(=O)CCc1ccc(OCC(CNC(C)C)OC(=O)CCc2ccc(OCC(O)CNC(C)C)cc2)cc1.O=C(O)C(F)(F)F.O=C(O)C(F)(F)F. The monoisotopic (exact) mass is 786 g/mol. The topological polar surface area (TPSA) is 190 Å². The summed E-state index contributed by atoms with van der Waals surface area (Å²) in [4.78, 5) is 41.8. The van der Waals surface area contributed by atoms with Gasteiger partial charge in [-0.05, 0) is 48.2 Å². The number of carbonyl (C=O) groups excluding carboxylic acids is 2. The maximum Gasteiger partial charge on any atom is 0.490 e. The van der Waals surface area contributed by atoms with E-state index >= 15 is 0 Å². The van der Waals surface area contributed by atoms with Crippen molar-refractivity contribution in [2.45, 2.75) is 90.0 Å². The smallest absolute Gasteiger partial charge is 0.490 e. The number of carbonyl (C=O) groups is 4. The van der Waals surface area contributed by atoms with Crippen molar-refractivity contribution in [1.29, 1.82) is 0 Å². The van der Waals surface area contributed by atoms with Gasteiger partial charge in [-0.3, -0.25) is 9.59 Å². The summed E-state index contributed by atoms with van der Waals surface area (Å²) < 4.78 is 85.4. The van der Waals surface area contributed by atoms with E-state index in [9.17, 15) is 41.0 Å². The molecule has 0 saturated carbocycles. The van der Waals surface area contributed by atoms with Crippen LogP contribution >= 0.6 is 0 Å². The average molecular weight is 787 g/mol. The van der Waals surface area contributed by atoms with Gasteiger partial charge >= 0.3 is 36.2 Å². The molecule has 0 fully saturated rings. The van der Waals surface area contributed by atoms with Crippen LogP contribution in [0.25, 0.3) is 0 Å². The van der Waals surface area contributed by atoms with Crippen LogP contribution in [0.3, 0.4) is 0 Å². The molecular weight excluding hydrogens is 738 g/mol. The fraction of sp³-hybridized carbons (Fsp3) is 0.543. The number of hydrogen-bond acceptors (Lipinski definition) is 11. The molecule has 2 rings (SSSR count). The predicted molar refractivity (Wildman–Crippen MR) is 182 cm³/mol. The number of aliphatic hydroxyl groups is 1. The molecule has 0 radical (unpaired) electrons. The summed E-state index contributed by atoms with van der Waals surface area (Å²) in [5, 5.41) is 30.7. The number of carboxylic acid groups (broad SMARTS) is 2. The molecule has 2 unspecified atom stereocenters. The molecule has 0 aliphatic rings. The Hall–Kier alpha value is -4.62. The third-order valence-electron chi connectivity index (χ3n) is 6.49. The highest BCUT2D eigenvalue weighted by molar-refractivity contribution is 5.73. The summed E-state index contributed by atoms with van der Waals surface area (Å²) in [5.74, 6) is -4.71. The van der Waals surface area contributed by atoms with E-state index in [-0.39, 0.29) is 37.6 Å². The van der Waals surface area contributed by atoms with Crippen LogP contribution in [0.15, 0.2) is 48.5 Å². The van der Waals surface area contributed by atoms with Gasteiger partial charge < -0.3 is 44.9 Å².